The van der Waals surface area contributed by atoms with Crippen LogP contribution in [0.1, 0.15) is 33.5 Å². The Balaban J connectivity index is 2.38. The summed E-state index contributed by atoms with van der Waals surface area (Å²) in [5, 5.41) is 8.98. The number of carboxylic acids is 1. The number of rotatable bonds is 5. The normalized spacial score (nSPS) is 10.3. The maximum absolute atomic E-state index is 12.3. The zero-order valence-corrected chi connectivity index (χ0v) is 12.1. The fourth-order valence-electron chi connectivity index (χ4n) is 1.69. The third-order valence-corrected chi connectivity index (χ3v) is 3.22. The number of ether oxygens (including phenoxy) is 1. The van der Waals surface area contributed by atoms with Crippen molar-refractivity contribution in [2.24, 2.45) is 0 Å². The third kappa shape index (κ3) is 2.72. The molecule has 1 aromatic heterocycles. The second-order valence-electron chi connectivity index (χ2n) is 3.84. The van der Waals surface area contributed by atoms with Gasteiger partial charge in [0.15, 0.2) is 5.69 Å². The van der Waals surface area contributed by atoms with E-state index in [-0.39, 0.29) is 11.4 Å². The molecule has 0 spiro atoms. The van der Waals surface area contributed by atoms with Gasteiger partial charge >= 0.3 is 5.97 Å². The van der Waals surface area contributed by atoms with Gasteiger partial charge < -0.3 is 14.8 Å². The molecule has 1 heterocycles. The summed E-state index contributed by atoms with van der Waals surface area (Å²) in [5.41, 5.74) is -0.0267. The minimum absolute atomic E-state index is 0.123. The number of aromatic nitrogens is 2. The van der Waals surface area contributed by atoms with Gasteiger partial charge in [-0.05, 0) is 41.1 Å². The topological polar surface area (TPSA) is 92.3 Å². The number of hydrogen-bond acceptors (Lipinski definition) is 4. The van der Waals surface area contributed by atoms with Gasteiger partial charge in [-0.15, -0.1) is 0 Å². The van der Waals surface area contributed by atoms with Crippen molar-refractivity contribution in [1.82, 2.24) is 9.97 Å². The van der Waals surface area contributed by atoms with Crippen LogP contribution < -0.4 is 4.74 Å². The summed E-state index contributed by atoms with van der Waals surface area (Å²) in [6, 6.07) is 4.87. The first-order valence-corrected chi connectivity index (χ1v) is 6.57. The molecule has 0 aliphatic rings. The lowest BCUT2D eigenvalue weighted by Crippen LogP contribution is -2.10. The fourth-order valence-corrected chi connectivity index (χ4v) is 2.23. The Bertz CT molecular complexity index is 666. The molecule has 6 nitrogen and oxygen atoms in total. The molecule has 2 rings (SSSR count). The molecule has 0 atom stereocenters. The number of aromatic carboxylic acids is 1. The zero-order chi connectivity index (χ0) is 14.7. The highest BCUT2D eigenvalue weighted by Gasteiger charge is 2.22. The van der Waals surface area contributed by atoms with E-state index < -0.39 is 11.8 Å². The molecule has 0 radical (unpaired) electrons. The number of carboxylic acid groups (broad SMARTS) is 1. The quantitative estimate of drug-likeness (QED) is 0.817. The number of carbonyl (C=O) groups is 2. The van der Waals surface area contributed by atoms with Crippen LogP contribution >= 0.6 is 15.9 Å². The minimum Gasteiger partial charge on any atom is -0.494 e. The Hall–Kier alpha value is -2.15. The van der Waals surface area contributed by atoms with Crippen LogP contribution in [0, 0.1) is 0 Å². The van der Waals surface area contributed by atoms with Crippen LogP contribution in [-0.4, -0.2) is 33.4 Å². The van der Waals surface area contributed by atoms with E-state index in [0.29, 0.717) is 22.4 Å². The number of ketones is 1. The van der Waals surface area contributed by atoms with Crippen molar-refractivity contribution in [3.8, 4) is 5.75 Å². The Labute approximate surface area is 122 Å². The van der Waals surface area contributed by atoms with E-state index in [9.17, 15) is 9.59 Å². The van der Waals surface area contributed by atoms with E-state index in [1.54, 1.807) is 18.2 Å². The van der Waals surface area contributed by atoms with E-state index in [0.717, 1.165) is 0 Å². The van der Waals surface area contributed by atoms with E-state index in [1.165, 1.54) is 6.33 Å². The first-order valence-electron chi connectivity index (χ1n) is 5.78. The first-order chi connectivity index (χ1) is 9.54. The molecular formula is C13H11BrN2O4. The number of halogens is 1. The molecule has 0 aliphatic carbocycles. The van der Waals surface area contributed by atoms with Gasteiger partial charge in [0.2, 0.25) is 5.78 Å². The molecular weight excluding hydrogens is 328 g/mol. The van der Waals surface area contributed by atoms with E-state index in [2.05, 4.69) is 25.9 Å². The molecule has 2 N–H and O–H groups in total. The predicted octanol–water partition coefficient (Wildman–Crippen LogP) is 2.50. The highest BCUT2D eigenvalue weighted by molar-refractivity contribution is 9.10. The number of aromatic amines is 1. The molecule has 7 heteroatoms. The monoisotopic (exact) mass is 338 g/mol. The van der Waals surface area contributed by atoms with Crippen molar-refractivity contribution >= 4 is 27.7 Å². The zero-order valence-electron chi connectivity index (χ0n) is 10.5. The van der Waals surface area contributed by atoms with E-state index >= 15 is 0 Å². The number of nitrogens with zero attached hydrogens (tertiary/aromatic N) is 1. The summed E-state index contributed by atoms with van der Waals surface area (Å²) in [6.45, 7) is 2.37. The second-order valence-corrected chi connectivity index (χ2v) is 4.69. The smallest absolute Gasteiger partial charge is 0.354 e. The standard InChI is InChI=1S/C13H11BrN2O4/c1-2-20-7-3-4-8(9(14)5-7)12(17)10-11(13(18)19)16-6-15-10/h3-6H,2H2,1H3,(H,15,16)(H,18,19). The molecule has 20 heavy (non-hydrogen) atoms. The SMILES string of the molecule is CCOc1ccc(C(=O)c2nc[nH]c2C(=O)O)c(Br)c1. The summed E-state index contributed by atoms with van der Waals surface area (Å²) >= 11 is 3.28. The lowest BCUT2D eigenvalue weighted by atomic mass is 10.1. The molecule has 104 valence electrons. The molecule has 1 aromatic carbocycles. The van der Waals surface area contributed by atoms with E-state index in [1.807, 2.05) is 6.92 Å². The van der Waals surface area contributed by atoms with Gasteiger partial charge in [-0.25, -0.2) is 9.78 Å². The Morgan fingerprint density at radius 2 is 2.20 bits per heavy atom. The van der Waals surface area contributed by atoms with Crippen LogP contribution in [0.15, 0.2) is 29.0 Å². The summed E-state index contributed by atoms with van der Waals surface area (Å²) < 4.78 is 5.84. The van der Waals surface area contributed by atoms with Crippen molar-refractivity contribution in [3.63, 3.8) is 0 Å². The van der Waals surface area contributed by atoms with Crippen LogP contribution in [0.5, 0.6) is 5.75 Å². The fraction of sp³-hybridized carbons (Fsp3) is 0.154. The van der Waals surface area contributed by atoms with Crippen molar-refractivity contribution < 1.29 is 19.4 Å². The number of hydrogen-bond donors (Lipinski definition) is 2. The van der Waals surface area contributed by atoms with Gasteiger partial charge in [0.1, 0.15) is 11.4 Å². The summed E-state index contributed by atoms with van der Waals surface area (Å²) in [7, 11) is 0. The molecule has 2 aromatic rings. The predicted molar refractivity (Wildman–Crippen MR) is 74.3 cm³/mol. The van der Waals surface area contributed by atoms with E-state index in [4.69, 9.17) is 9.84 Å². The number of carbonyl (C=O) groups excluding carboxylic acids is 1. The molecule has 0 saturated carbocycles. The number of benzene rings is 1. The van der Waals surface area contributed by atoms with Gasteiger partial charge in [-0.3, -0.25) is 4.79 Å². The van der Waals surface area contributed by atoms with Crippen molar-refractivity contribution in [2.45, 2.75) is 6.92 Å². The minimum atomic E-state index is -1.23. The highest BCUT2D eigenvalue weighted by atomic mass is 79.9. The largest absolute Gasteiger partial charge is 0.494 e. The van der Waals surface area contributed by atoms with Crippen LogP contribution in [0.4, 0.5) is 0 Å². The summed E-state index contributed by atoms with van der Waals surface area (Å²) in [5.74, 6) is -1.08. The van der Waals surface area contributed by atoms with Crippen molar-refractivity contribution in [3.05, 3.63) is 46.0 Å². The number of nitrogens with one attached hydrogen (secondary N) is 1. The van der Waals surface area contributed by atoms with Gasteiger partial charge in [-0.1, -0.05) is 0 Å². The Kier molecular flexibility index (Phi) is 4.19. The maximum Gasteiger partial charge on any atom is 0.354 e. The van der Waals surface area contributed by atoms with Crippen LogP contribution in [0.25, 0.3) is 0 Å². The van der Waals surface area contributed by atoms with Gasteiger partial charge in [0.05, 0.1) is 12.9 Å². The number of H-pyrrole nitrogens is 1. The second kappa shape index (κ2) is 5.87. The molecule has 0 aliphatic heterocycles. The highest BCUT2D eigenvalue weighted by Crippen LogP contribution is 2.25. The Morgan fingerprint density at radius 3 is 2.80 bits per heavy atom. The average Bonchev–Trinajstić information content (AvgIpc) is 2.88. The third-order valence-electron chi connectivity index (χ3n) is 2.56. The number of imidazole rings is 1. The summed E-state index contributed by atoms with van der Waals surface area (Å²) in [4.78, 5) is 29.5. The lowest BCUT2D eigenvalue weighted by Gasteiger charge is -2.06. The Morgan fingerprint density at radius 1 is 1.45 bits per heavy atom. The lowest BCUT2D eigenvalue weighted by molar-refractivity contribution is 0.0687. The molecule has 0 unspecified atom stereocenters. The molecule has 0 fully saturated rings. The van der Waals surface area contributed by atoms with Gasteiger partial charge in [-0.2, -0.15) is 0 Å². The van der Waals surface area contributed by atoms with Crippen LogP contribution in [0.2, 0.25) is 0 Å². The molecule has 0 bridgehead atoms. The van der Waals surface area contributed by atoms with Crippen molar-refractivity contribution in [2.75, 3.05) is 6.61 Å². The molecule has 0 saturated heterocycles. The van der Waals surface area contributed by atoms with Crippen LogP contribution in [-0.2, 0) is 0 Å². The van der Waals surface area contributed by atoms with Gasteiger partial charge in [0.25, 0.3) is 0 Å². The first kappa shape index (κ1) is 14.3. The summed E-state index contributed by atoms with van der Waals surface area (Å²) in [6.07, 6.45) is 1.18. The van der Waals surface area contributed by atoms with Crippen molar-refractivity contribution in [1.29, 1.82) is 0 Å². The van der Waals surface area contributed by atoms with Crippen LogP contribution in [0.3, 0.4) is 0 Å². The molecule has 0 amide bonds. The maximum atomic E-state index is 12.3. The average molecular weight is 339 g/mol. The van der Waals surface area contributed by atoms with Gasteiger partial charge in [0, 0.05) is 10.0 Å².